The van der Waals surface area contributed by atoms with Gasteiger partial charge in [-0.1, -0.05) is 6.07 Å². The van der Waals surface area contributed by atoms with Crippen molar-refractivity contribution < 1.29 is 4.42 Å². The molecule has 0 atom stereocenters. The highest BCUT2D eigenvalue weighted by molar-refractivity contribution is 14.1. The highest BCUT2D eigenvalue weighted by atomic mass is 127. The van der Waals surface area contributed by atoms with Gasteiger partial charge in [-0.05, 0) is 37.1 Å². The predicted molar refractivity (Wildman–Crippen MR) is 61.9 cm³/mol. The zero-order valence-corrected chi connectivity index (χ0v) is 10.1. The largest absolute Gasteiger partial charge is 0.412 e. The second kappa shape index (κ2) is 3.68. The van der Waals surface area contributed by atoms with E-state index >= 15 is 0 Å². The van der Waals surface area contributed by atoms with E-state index in [9.17, 15) is 0 Å². The minimum Gasteiger partial charge on any atom is -0.412 e. The van der Waals surface area contributed by atoms with Crippen molar-refractivity contribution in [3.8, 4) is 11.5 Å². The highest BCUT2D eigenvalue weighted by Crippen LogP contribution is 2.21. The van der Waals surface area contributed by atoms with Gasteiger partial charge in [-0.15, -0.1) is 10.2 Å². The molecular formula is C10H9IN2O. The van der Waals surface area contributed by atoms with Gasteiger partial charge < -0.3 is 4.42 Å². The van der Waals surface area contributed by atoms with Crippen molar-refractivity contribution in [3.05, 3.63) is 33.2 Å². The second-order valence-electron chi connectivity index (χ2n) is 3.16. The third-order valence-electron chi connectivity index (χ3n) is 2.15. The molecule has 14 heavy (non-hydrogen) atoms. The third-order valence-corrected chi connectivity index (χ3v) is 2.59. The van der Waals surface area contributed by atoms with Crippen molar-refractivity contribution in [2.75, 3.05) is 0 Å². The van der Waals surface area contributed by atoms with Crippen molar-refractivity contribution in [2.24, 2.45) is 0 Å². The van der Waals surface area contributed by atoms with E-state index in [1.807, 2.05) is 28.7 Å². The molecule has 0 N–H and O–H groups in total. The predicted octanol–water partition coefficient (Wildman–Crippen LogP) is 2.96. The van der Waals surface area contributed by atoms with E-state index in [0.717, 1.165) is 5.56 Å². The van der Waals surface area contributed by atoms with Crippen molar-refractivity contribution in [2.45, 2.75) is 13.8 Å². The molecule has 1 aromatic heterocycles. The summed E-state index contributed by atoms with van der Waals surface area (Å²) in [5.74, 6) is 0.581. The first-order chi connectivity index (χ1) is 6.66. The quantitative estimate of drug-likeness (QED) is 0.760. The summed E-state index contributed by atoms with van der Waals surface area (Å²) >= 11 is 2.00. The normalized spacial score (nSPS) is 10.5. The topological polar surface area (TPSA) is 38.9 Å². The maximum absolute atomic E-state index is 5.33. The molecule has 0 saturated heterocycles. The monoisotopic (exact) mass is 300 g/mol. The van der Waals surface area contributed by atoms with Gasteiger partial charge in [0.05, 0.1) is 0 Å². The molecule has 3 nitrogen and oxygen atoms in total. The molecule has 0 aliphatic heterocycles. The molecule has 0 aliphatic carbocycles. The SMILES string of the molecule is Cc1ccc(-c2nnc(I)o2)cc1C. The Morgan fingerprint density at radius 2 is 1.93 bits per heavy atom. The fourth-order valence-electron chi connectivity index (χ4n) is 1.20. The van der Waals surface area contributed by atoms with Gasteiger partial charge in [-0.2, -0.15) is 0 Å². The van der Waals surface area contributed by atoms with Gasteiger partial charge in [0.2, 0.25) is 5.89 Å². The van der Waals surface area contributed by atoms with Crippen LogP contribution in [-0.4, -0.2) is 10.2 Å². The molecule has 0 spiro atoms. The first-order valence-electron chi connectivity index (χ1n) is 4.23. The van der Waals surface area contributed by atoms with E-state index in [0.29, 0.717) is 9.79 Å². The Morgan fingerprint density at radius 1 is 1.14 bits per heavy atom. The van der Waals surface area contributed by atoms with Gasteiger partial charge in [0.25, 0.3) is 3.90 Å². The lowest BCUT2D eigenvalue weighted by molar-refractivity contribution is 0.537. The lowest BCUT2D eigenvalue weighted by Crippen LogP contribution is -1.83. The lowest BCUT2D eigenvalue weighted by Gasteiger charge is -2.00. The van der Waals surface area contributed by atoms with Crippen LogP contribution in [0.25, 0.3) is 11.5 Å². The van der Waals surface area contributed by atoms with Crippen LogP contribution in [0.15, 0.2) is 22.6 Å². The van der Waals surface area contributed by atoms with Crippen LogP contribution in [0.1, 0.15) is 11.1 Å². The molecule has 4 heteroatoms. The van der Waals surface area contributed by atoms with Crippen LogP contribution in [0, 0.1) is 17.7 Å². The van der Waals surface area contributed by atoms with Gasteiger partial charge in [0, 0.05) is 28.2 Å². The van der Waals surface area contributed by atoms with Crippen LogP contribution in [0.5, 0.6) is 0 Å². The molecule has 72 valence electrons. The van der Waals surface area contributed by atoms with E-state index in [4.69, 9.17) is 4.42 Å². The number of hydrogen-bond acceptors (Lipinski definition) is 3. The van der Waals surface area contributed by atoms with E-state index in [2.05, 4.69) is 36.2 Å². The number of hydrogen-bond donors (Lipinski definition) is 0. The zero-order chi connectivity index (χ0) is 10.1. The Hall–Kier alpha value is -0.910. The summed E-state index contributed by atoms with van der Waals surface area (Å²) in [4.78, 5) is 0. The van der Waals surface area contributed by atoms with Crippen molar-refractivity contribution in [3.63, 3.8) is 0 Å². The zero-order valence-electron chi connectivity index (χ0n) is 7.91. The fraction of sp³-hybridized carbons (Fsp3) is 0.200. The van der Waals surface area contributed by atoms with Gasteiger partial charge in [-0.25, -0.2) is 0 Å². The van der Waals surface area contributed by atoms with E-state index in [1.54, 1.807) is 0 Å². The number of benzene rings is 1. The Labute approximate surface area is 95.7 Å². The molecule has 1 heterocycles. The first-order valence-corrected chi connectivity index (χ1v) is 5.31. The maximum atomic E-state index is 5.33. The molecule has 2 aromatic rings. The fourth-order valence-corrected chi connectivity index (χ4v) is 1.51. The number of aryl methyl sites for hydroxylation is 2. The Bertz CT molecular complexity index is 465. The highest BCUT2D eigenvalue weighted by Gasteiger charge is 2.06. The van der Waals surface area contributed by atoms with Gasteiger partial charge in [0.15, 0.2) is 0 Å². The number of nitrogens with zero attached hydrogens (tertiary/aromatic N) is 2. The molecule has 1 aromatic carbocycles. The molecule has 0 aliphatic rings. The number of rotatable bonds is 1. The summed E-state index contributed by atoms with van der Waals surface area (Å²) in [6, 6.07) is 6.10. The van der Waals surface area contributed by atoms with Crippen molar-refractivity contribution in [1.29, 1.82) is 0 Å². The molecule has 0 saturated carbocycles. The molecule has 0 fully saturated rings. The molecule has 0 bridgehead atoms. The van der Waals surface area contributed by atoms with Crippen LogP contribution in [0.3, 0.4) is 0 Å². The van der Waals surface area contributed by atoms with E-state index in [1.165, 1.54) is 11.1 Å². The lowest BCUT2D eigenvalue weighted by atomic mass is 10.1. The Kier molecular flexibility index (Phi) is 2.54. The van der Waals surface area contributed by atoms with Crippen LogP contribution >= 0.6 is 22.6 Å². The number of aromatic nitrogens is 2. The van der Waals surface area contributed by atoms with Crippen LogP contribution in [0.4, 0.5) is 0 Å². The summed E-state index contributed by atoms with van der Waals surface area (Å²) in [7, 11) is 0. The number of halogens is 1. The standard InChI is InChI=1S/C10H9IN2O/c1-6-3-4-8(5-7(6)2)9-12-13-10(11)14-9/h3-5H,1-2H3. The molecule has 0 radical (unpaired) electrons. The van der Waals surface area contributed by atoms with Crippen molar-refractivity contribution in [1.82, 2.24) is 10.2 Å². The molecular weight excluding hydrogens is 291 g/mol. The van der Waals surface area contributed by atoms with Gasteiger partial charge in [0.1, 0.15) is 0 Å². The third kappa shape index (κ3) is 1.79. The Balaban J connectivity index is 2.47. The minimum atomic E-state index is 0.566. The average Bonchev–Trinajstić information content (AvgIpc) is 2.57. The maximum Gasteiger partial charge on any atom is 0.278 e. The van der Waals surface area contributed by atoms with E-state index in [-0.39, 0.29) is 0 Å². The summed E-state index contributed by atoms with van der Waals surface area (Å²) in [6.45, 7) is 4.15. The molecule has 0 amide bonds. The van der Waals surface area contributed by atoms with E-state index < -0.39 is 0 Å². The van der Waals surface area contributed by atoms with Crippen LogP contribution in [0.2, 0.25) is 0 Å². The van der Waals surface area contributed by atoms with Gasteiger partial charge in [-0.3, -0.25) is 0 Å². The minimum absolute atomic E-state index is 0.566. The van der Waals surface area contributed by atoms with Gasteiger partial charge >= 0.3 is 0 Å². The molecule has 2 rings (SSSR count). The smallest absolute Gasteiger partial charge is 0.278 e. The Morgan fingerprint density at radius 3 is 2.50 bits per heavy atom. The second-order valence-corrected chi connectivity index (χ2v) is 4.08. The summed E-state index contributed by atoms with van der Waals surface area (Å²) < 4.78 is 5.89. The van der Waals surface area contributed by atoms with Crippen molar-refractivity contribution >= 4 is 22.6 Å². The van der Waals surface area contributed by atoms with Crippen LogP contribution < -0.4 is 0 Å². The summed E-state index contributed by atoms with van der Waals surface area (Å²) in [6.07, 6.45) is 0. The first kappa shape index (κ1) is 9.64. The summed E-state index contributed by atoms with van der Waals surface area (Å²) in [5.41, 5.74) is 3.47. The average molecular weight is 300 g/mol. The van der Waals surface area contributed by atoms with Crippen LogP contribution in [-0.2, 0) is 0 Å². The molecule has 0 unspecified atom stereocenters. The summed E-state index contributed by atoms with van der Waals surface area (Å²) in [5, 5.41) is 7.75.